The van der Waals surface area contributed by atoms with Gasteiger partial charge in [0.15, 0.2) is 0 Å². The zero-order chi connectivity index (χ0) is 11.4. The number of benzene rings is 1. The Balaban J connectivity index is 3.20. The SMILES string of the molecule is CC(CO)c1ccc([N+](=O)[O-])c(C#N)c1. The zero-order valence-corrected chi connectivity index (χ0v) is 8.17. The minimum atomic E-state index is -0.591. The Labute approximate surface area is 86.7 Å². The number of nitriles is 1. The van der Waals surface area contributed by atoms with Gasteiger partial charge in [0.1, 0.15) is 11.6 Å². The summed E-state index contributed by atoms with van der Waals surface area (Å²) in [7, 11) is 0. The summed E-state index contributed by atoms with van der Waals surface area (Å²) in [6.45, 7) is 1.73. The number of hydrogen-bond acceptors (Lipinski definition) is 4. The molecule has 0 amide bonds. The maximum atomic E-state index is 10.5. The maximum Gasteiger partial charge on any atom is 0.287 e. The van der Waals surface area contributed by atoms with E-state index in [4.69, 9.17) is 10.4 Å². The minimum Gasteiger partial charge on any atom is -0.396 e. The fourth-order valence-corrected chi connectivity index (χ4v) is 1.21. The second-order valence-electron chi connectivity index (χ2n) is 3.23. The van der Waals surface area contributed by atoms with Crippen molar-refractivity contribution < 1.29 is 10.0 Å². The molecule has 5 heteroatoms. The van der Waals surface area contributed by atoms with E-state index in [2.05, 4.69) is 0 Å². The van der Waals surface area contributed by atoms with Crippen molar-refractivity contribution in [1.29, 1.82) is 5.26 Å². The third-order valence-corrected chi connectivity index (χ3v) is 2.18. The highest BCUT2D eigenvalue weighted by atomic mass is 16.6. The Kier molecular flexibility index (Phi) is 3.37. The molecule has 1 N–H and O–H groups in total. The average Bonchev–Trinajstić information content (AvgIpc) is 2.26. The molecule has 0 radical (unpaired) electrons. The Morgan fingerprint density at radius 1 is 1.67 bits per heavy atom. The van der Waals surface area contributed by atoms with Crippen LogP contribution in [0.2, 0.25) is 0 Å². The standard InChI is InChI=1S/C10H10N2O3/c1-7(6-13)8-2-3-10(12(14)15)9(4-8)5-11/h2-4,7,13H,6H2,1H3. The monoisotopic (exact) mass is 206 g/mol. The summed E-state index contributed by atoms with van der Waals surface area (Å²) in [5, 5.41) is 28.2. The minimum absolute atomic E-state index is 0.0257. The number of aliphatic hydroxyl groups excluding tert-OH is 1. The smallest absolute Gasteiger partial charge is 0.287 e. The van der Waals surface area contributed by atoms with Crippen molar-refractivity contribution in [3.8, 4) is 6.07 Å². The first-order chi connectivity index (χ1) is 7.10. The van der Waals surface area contributed by atoms with Crippen molar-refractivity contribution in [2.24, 2.45) is 0 Å². The van der Waals surface area contributed by atoms with E-state index >= 15 is 0 Å². The number of nitrogens with zero attached hydrogens (tertiary/aromatic N) is 2. The topological polar surface area (TPSA) is 87.2 Å². The summed E-state index contributed by atoms with van der Waals surface area (Å²) < 4.78 is 0. The van der Waals surface area contributed by atoms with Crippen LogP contribution in [-0.2, 0) is 0 Å². The Morgan fingerprint density at radius 2 is 2.33 bits per heavy atom. The summed E-state index contributed by atoms with van der Waals surface area (Å²) in [4.78, 5) is 9.95. The van der Waals surface area contributed by atoms with Crippen molar-refractivity contribution >= 4 is 5.69 Å². The van der Waals surface area contributed by atoms with Gasteiger partial charge in [-0.3, -0.25) is 10.1 Å². The molecule has 1 aromatic rings. The molecule has 1 aromatic carbocycles. The van der Waals surface area contributed by atoms with Crippen LogP contribution in [0.5, 0.6) is 0 Å². The van der Waals surface area contributed by atoms with Crippen LogP contribution in [0.15, 0.2) is 18.2 Å². The van der Waals surface area contributed by atoms with Crippen LogP contribution in [0, 0.1) is 21.4 Å². The largest absolute Gasteiger partial charge is 0.396 e. The normalized spacial score (nSPS) is 11.8. The van der Waals surface area contributed by atoms with Crippen molar-refractivity contribution in [3.63, 3.8) is 0 Å². The molecule has 0 heterocycles. The summed E-state index contributed by atoms with van der Waals surface area (Å²) in [6, 6.07) is 6.06. The van der Waals surface area contributed by atoms with E-state index in [0.29, 0.717) is 0 Å². The van der Waals surface area contributed by atoms with Gasteiger partial charge in [-0.1, -0.05) is 13.0 Å². The third kappa shape index (κ3) is 2.30. The van der Waals surface area contributed by atoms with Crippen LogP contribution in [-0.4, -0.2) is 16.6 Å². The first-order valence-electron chi connectivity index (χ1n) is 4.39. The number of nitro benzene ring substituents is 1. The molecule has 1 atom stereocenters. The molecular formula is C10H10N2O3. The van der Waals surface area contributed by atoms with E-state index in [-0.39, 0.29) is 23.8 Å². The first-order valence-corrected chi connectivity index (χ1v) is 4.39. The highest BCUT2D eigenvalue weighted by Crippen LogP contribution is 2.23. The summed E-state index contributed by atoms with van der Waals surface area (Å²) in [5.74, 6) is -0.127. The molecular weight excluding hydrogens is 196 g/mol. The van der Waals surface area contributed by atoms with Crippen LogP contribution in [0.1, 0.15) is 24.0 Å². The van der Waals surface area contributed by atoms with Gasteiger partial charge in [-0.25, -0.2) is 0 Å². The molecule has 1 rings (SSSR count). The fourth-order valence-electron chi connectivity index (χ4n) is 1.21. The Hall–Kier alpha value is -1.93. The van der Waals surface area contributed by atoms with Crippen molar-refractivity contribution in [3.05, 3.63) is 39.4 Å². The quantitative estimate of drug-likeness (QED) is 0.600. The highest BCUT2D eigenvalue weighted by Gasteiger charge is 2.15. The van der Waals surface area contributed by atoms with Crippen molar-refractivity contribution in [2.75, 3.05) is 6.61 Å². The van der Waals surface area contributed by atoms with Gasteiger partial charge in [-0.15, -0.1) is 0 Å². The number of aliphatic hydroxyl groups is 1. The van der Waals surface area contributed by atoms with Crippen molar-refractivity contribution in [2.45, 2.75) is 12.8 Å². The van der Waals surface area contributed by atoms with E-state index in [0.717, 1.165) is 5.56 Å². The van der Waals surface area contributed by atoms with Crippen LogP contribution >= 0.6 is 0 Å². The number of nitro groups is 1. The molecule has 0 aromatic heterocycles. The molecule has 0 spiro atoms. The summed E-state index contributed by atoms with van der Waals surface area (Å²) >= 11 is 0. The fraction of sp³-hybridized carbons (Fsp3) is 0.300. The van der Waals surface area contributed by atoms with E-state index in [9.17, 15) is 10.1 Å². The van der Waals surface area contributed by atoms with E-state index < -0.39 is 4.92 Å². The van der Waals surface area contributed by atoms with E-state index in [1.165, 1.54) is 12.1 Å². The van der Waals surface area contributed by atoms with Gasteiger partial charge >= 0.3 is 0 Å². The predicted molar refractivity (Wildman–Crippen MR) is 53.3 cm³/mol. The van der Waals surface area contributed by atoms with Gasteiger partial charge in [-0.2, -0.15) is 5.26 Å². The molecule has 0 saturated heterocycles. The van der Waals surface area contributed by atoms with E-state index in [1.807, 2.05) is 0 Å². The lowest BCUT2D eigenvalue weighted by Crippen LogP contribution is -2.00. The lowest BCUT2D eigenvalue weighted by molar-refractivity contribution is -0.385. The van der Waals surface area contributed by atoms with Gasteiger partial charge in [0.2, 0.25) is 0 Å². The first kappa shape index (κ1) is 11.1. The van der Waals surface area contributed by atoms with Gasteiger partial charge in [0.25, 0.3) is 5.69 Å². The van der Waals surface area contributed by atoms with Gasteiger partial charge in [0.05, 0.1) is 4.92 Å². The molecule has 1 unspecified atom stereocenters. The molecule has 0 aliphatic carbocycles. The van der Waals surface area contributed by atoms with Crippen LogP contribution in [0.25, 0.3) is 0 Å². The lowest BCUT2D eigenvalue weighted by atomic mass is 9.99. The molecule has 78 valence electrons. The molecule has 0 aliphatic heterocycles. The molecule has 0 aliphatic rings. The van der Waals surface area contributed by atoms with Gasteiger partial charge < -0.3 is 5.11 Å². The second-order valence-corrected chi connectivity index (χ2v) is 3.23. The van der Waals surface area contributed by atoms with E-state index in [1.54, 1.807) is 19.1 Å². The Bertz CT molecular complexity index is 423. The molecule has 0 bridgehead atoms. The third-order valence-electron chi connectivity index (χ3n) is 2.18. The molecule has 0 saturated carbocycles. The molecule has 0 fully saturated rings. The highest BCUT2D eigenvalue weighted by molar-refractivity contribution is 5.50. The summed E-state index contributed by atoms with van der Waals surface area (Å²) in [6.07, 6.45) is 0. The Morgan fingerprint density at radius 3 is 2.80 bits per heavy atom. The lowest BCUT2D eigenvalue weighted by Gasteiger charge is -2.07. The van der Waals surface area contributed by atoms with Crippen LogP contribution in [0.3, 0.4) is 0 Å². The van der Waals surface area contributed by atoms with Crippen LogP contribution in [0.4, 0.5) is 5.69 Å². The molecule has 15 heavy (non-hydrogen) atoms. The molecule has 5 nitrogen and oxygen atoms in total. The average molecular weight is 206 g/mol. The predicted octanol–water partition coefficient (Wildman–Crippen LogP) is 1.56. The summed E-state index contributed by atoms with van der Waals surface area (Å²) in [5.41, 5.74) is 0.545. The number of rotatable bonds is 3. The number of hydrogen-bond donors (Lipinski definition) is 1. The zero-order valence-electron chi connectivity index (χ0n) is 8.17. The van der Waals surface area contributed by atoms with Crippen molar-refractivity contribution in [1.82, 2.24) is 0 Å². The van der Waals surface area contributed by atoms with Gasteiger partial charge in [-0.05, 0) is 11.6 Å². The maximum absolute atomic E-state index is 10.5. The van der Waals surface area contributed by atoms with Gasteiger partial charge in [0, 0.05) is 18.6 Å². The second kappa shape index (κ2) is 4.53. The van der Waals surface area contributed by atoms with Crippen LogP contribution < -0.4 is 0 Å².